The SMILES string of the molecule is COC(=O)CC1(CSc2nccn3c(C)nnc23)CC1. The van der Waals surface area contributed by atoms with Crippen LogP contribution in [0.2, 0.25) is 0 Å². The van der Waals surface area contributed by atoms with Crippen LogP contribution >= 0.6 is 11.8 Å². The number of aryl methyl sites for hydroxylation is 1. The number of nitrogens with zero attached hydrogens (tertiary/aromatic N) is 4. The summed E-state index contributed by atoms with van der Waals surface area (Å²) in [6, 6.07) is 0. The third-order valence-corrected chi connectivity index (χ3v) is 5.00. The molecule has 3 rings (SSSR count). The van der Waals surface area contributed by atoms with Crippen LogP contribution in [0.15, 0.2) is 17.4 Å². The van der Waals surface area contributed by atoms with E-state index in [0.29, 0.717) is 6.42 Å². The molecule has 1 saturated carbocycles. The molecule has 2 aromatic heterocycles. The Bertz CT molecular complexity index is 651. The zero-order valence-electron chi connectivity index (χ0n) is 11.5. The van der Waals surface area contributed by atoms with E-state index in [0.717, 1.165) is 35.1 Å². The van der Waals surface area contributed by atoms with Gasteiger partial charge in [0.1, 0.15) is 10.9 Å². The summed E-state index contributed by atoms with van der Waals surface area (Å²) in [5, 5.41) is 9.08. The predicted molar refractivity (Wildman–Crippen MR) is 74.5 cm³/mol. The number of carbonyl (C=O) groups excluding carboxylic acids is 1. The first-order valence-corrected chi connectivity index (χ1v) is 7.48. The van der Waals surface area contributed by atoms with E-state index in [-0.39, 0.29) is 11.4 Å². The van der Waals surface area contributed by atoms with Gasteiger partial charge in [-0.15, -0.1) is 22.0 Å². The van der Waals surface area contributed by atoms with Crippen molar-refractivity contribution >= 4 is 23.4 Å². The summed E-state index contributed by atoms with van der Waals surface area (Å²) in [7, 11) is 1.44. The molecule has 1 aliphatic rings. The van der Waals surface area contributed by atoms with E-state index in [4.69, 9.17) is 4.74 Å². The Balaban J connectivity index is 1.73. The molecule has 2 heterocycles. The molecule has 6 nitrogen and oxygen atoms in total. The fourth-order valence-electron chi connectivity index (χ4n) is 2.17. The average molecular weight is 292 g/mol. The zero-order chi connectivity index (χ0) is 14.2. The highest BCUT2D eigenvalue weighted by atomic mass is 32.2. The highest BCUT2D eigenvalue weighted by molar-refractivity contribution is 7.99. The molecule has 0 spiro atoms. The summed E-state index contributed by atoms with van der Waals surface area (Å²) < 4.78 is 6.69. The minimum absolute atomic E-state index is 0.0847. The molecule has 0 bridgehead atoms. The molecule has 1 aliphatic carbocycles. The van der Waals surface area contributed by atoms with Gasteiger partial charge in [-0.2, -0.15) is 0 Å². The van der Waals surface area contributed by atoms with Gasteiger partial charge in [-0.25, -0.2) is 4.98 Å². The highest BCUT2D eigenvalue weighted by Gasteiger charge is 2.44. The number of thioether (sulfide) groups is 1. The van der Waals surface area contributed by atoms with E-state index >= 15 is 0 Å². The lowest BCUT2D eigenvalue weighted by Crippen LogP contribution is -2.13. The number of carbonyl (C=O) groups is 1. The Morgan fingerprint density at radius 1 is 1.50 bits per heavy atom. The largest absolute Gasteiger partial charge is 0.469 e. The molecule has 1 fully saturated rings. The minimum atomic E-state index is -0.132. The van der Waals surface area contributed by atoms with Crippen molar-refractivity contribution in [3.8, 4) is 0 Å². The molecule has 0 aliphatic heterocycles. The Morgan fingerprint density at radius 3 is 3.00 bits per heavy atom. The number of rotatable bonds is 5. The number of hydrogen-bond donors (Lipinski definition) is 0. The van der Waals surface area contributed by atoms with Crippen LogP contribution in [-0.2, 0) is 9.53 Å². The maximum atomic E-state index is 11.4. The van der Waals surface area contributed by atoms with Gasteiger partial charge in [0.2, 0.25) is 0 Å². The molecule has 0 aromatic carbocycles. The van der Waals surface area contributed by atoms with Crippen LogP contribution in [0.5, 0.6) is 0 Å². The second kappa shape index (κ2) is 5.05. The average Bonchev–Trinajstić information content (AvgIpc) is 3.12. The normalized spacial score (nSPS) is 16.3. The first-order chi connectivity index (χ1) is 9.63. The maximum absolute atomic E-state index is 11.4. The molecule has 106 valence electrons. The summed E-state index contributed by atoms with van der Waals surface area (Å²) >= 11 is 1.64. The molecule has 0 unspecified atom stereocenters. The van der Waals surface area contributed by atoms with Crippen LogP contribution in [0.25, 0.3) is 5.65 Å². The van der Waals surface area contributed by atoms with E-state index in [2.05, 4.69) is 15.2 Å². The molecule has 2 aromatic rings. The molecule has 0 amide bonds. The van der Waals surface area contributed by atoms with Crippen LogP contribution in [0, 0.1) is 12.3 Å². The number of aromatic nitrogens is 4. The van der Waals surface area contributed by atoms with E-state index in [1.807, 2.05) is 17.5 Å². The lowest BCUT2D eigenvalue weighted by molar-refractivity contribution is -0.141. The molecule has 20 heavy (non-hydrogen) atoms. The topological polar surface area (TPSA) is 69.4 Å². The summed E-state index contributed by atoms with van der Waals surface area (Å²) in [5.41, 5.74) is 0.866. The molecular weight excluding hydrogens is 276 g/mol. The minimum Gasteiger partial charge on any atom is -0.469 e. The Kier molecular flexibility index (Phi) is 3.37. The van der Waals surface area contributed by atoms with Crippen molar-refractivity contribution < 1.29 is 9.53 Å². The van der Waals surface area contributed by atoms with E-state index < -0.39 is 0 Å². The summed E-state index contributed by atoms with van der Waals surface area (Å²) in [6.07, 6.45) is 6.25. The summed E-state index contributed by atoms with van der Waals surface area (Å²) in [6.45, 7) is 1.91. The quantitative estimate of drug-likeness (QED) is 0.619. The van der Waals surface area contributed by atoms with Crippen molar-refractivity contribution in [3.63, 3.8) is 0 Å². The molecule has 0 radical (unpaired) electrons. The second-order valence-electron chi connectivity index (χ2n) is 5.21. The number of hydrogen-bond acceptors (Lipinski definition) is 6. The van der Waals surface area contributed by atoms with Crippen LogP contribution in [0.3, 0.4) is 0 Å². The van der Waals surface area contributed by atoms with Gasteiger partial charge < -0.3 is 4.74 Å². The summed E-state index contributed by atoms with van der Waals surface area (Å²) in [5.74, 6) is 1.58. The highest BCUT2D eigenvalue weighted by Crippen LogP contribution is 2.52. The van der Waals surface area contributed by atoms with Gasteiger partial charge in [0.05, 0.1) is 13.5 Å². The third-order valence-electron chi connectivity index (χ3n) is 3.68. The van der Waals surface area contributed by atoms with E-state index in [1.54, 1.807) is 18.0 Å². The molecule has 0 atom stereocenters. The Hall–Kier alpha value is -1.63. The molecule has 7 heteroatoms. The number of methoxy groups -OCH3 is 1. The first kappa shape index (κ1) is 13.4. The number of esters is 1. The van der Waals surface area contributed by atoms with Gasteiger partial charge in [-0.05, 0) is 25.2 Å². The van der Waals surface area contributed by atoms with Crippen molar-refractivity contribution in [2.45, 2.75) is 31.2 Å². The van der Waals surface area contributed by atoms with Crippen molar-refractivity contribution in [1.29, 1.82) is 0 Å². The second-order valence-corrected chi connectivity index (χ2v) is 6.18. The number of fused-ring (bicyclic) bond motifs is 1. The fourth-order valence-corrected chi connectivity index (χ4v) is 3.41. The van der Waals surface area contributed by atoms with Gasteiger partial charge >= 0.3 is 5.97 Å². The monoisotopic (exact) mass is 292 g/mol. The molecular formula is C13H16N4O2S. The van der Waals surface area contributed by atoms with Gasteiger partial charge in [0.15, 0.2) is 5.65 Å². The van der Waals surface area contributed by atoms with Crippen molar-refractivity contribution in [2.24, 2.45) is 5.41 Å². The van der Waals surface area contributed by atoms with Crippen LogP contribution in [-0.4, -0.2) is 38.4 Å². The zero-order valence-corrected chi connectivity index (χ0v) is 12.3. The van der Waals surface area contributed by atoms with Crippen LogP contribution in [0.1, 0.15) is 25.1 Å². The maximum Gasteiger partial charge on any atom is 0.306 e. The molecule has 0 N–H and O–H groups in total. The van der Waals surface area contributed by atoms with Crippen molar-refractivity contribution in [3.05, 3.63) is 18.2 Å². The van der Waals surface area contributed by atoms with Gasteiger partial charge in [-0.1, -0.05) is 0 Å². The fraction of sp³-hybridized carbons (Fsp3) is 0.538. The predicted octanol–water partition coefficient (Wildman–Crippen LogP) is 1.87. The first-order valence-electron chi connectivity index (χ1n) is 6.49. The van der Waals surface area contributed by atoms with Gasteiger partial charge in [0.25, 0.3) is 0 Å². The number of ether oxygens (including phenoxy) is 1. The summed E-state index contributed by atoms with van der Waals surface area (Å²) in [4.78, 5) is 15.8. The van der Waals surface area contributed by atoms with Gasteiger partial charge in [-0.3, -0.25) is 9.20 Å². The molecule has 0 saturated heterocycles. The Labute approximate surface area is 120 Å². The lowest BCUT2D eigenvalue weighted by Gasteiger charge is -2.12. The smallest absolute Gasteiger partial charge is 0.306 e. The van der Waals surface area contributed by atoms with E-state index in [1.165, 1.54) is 7.11 Å². The standard InChI is InChI=1S/C13H16N4O2S/c1-9-15-16-11-12(14-5-6-17(9)11)20-8-13(3-4-13)7-10(18)19-2/h5-6H,3-4,7-8H2,1-2H3. The van der Waals surface area contributed by atoms with Crippen molar-refractivity contribution in [2.75, 3.05) is 12.9 Å². The van der Waals surface area contributed by atoms with Crippen LogP contribution in [0.4, 0.5) is 0 Å². The van der Waals surface area contributed by atoms with Crippen LogP contribution < -0.4 is 0 Å². The lowest BCUT2D eigenvalue weighted by atomic mass is 10.1. The third kappa shape index (κ3) is 2.49. The Morgan fingerprint density at radius 2 is 2.30 bits per heavy atom. The van der Waals surface area contributed by atoms with E-state index in [9.17, 15) is 4.79 Å². The van der Waals surface area contributed by atoms with Crippen molar-refractivity contribution in [1.82, 2.24) is 19.6 Å². The van der Waals surface area contributed by atoms with Gasteiger partial charge in [0, 0.05) is 18.1 Å².